The molecular formula is C19H20N2O6. The van der Waals surface area contributed by atoms with E-state index in [2.05, 4.69) is 10.6 Å². The summed E-state index contributed by atoms with van der Waals surface area (Å²) in [4.78, 5) is 35.8. The van der Waals surface area contributed by atoms with Crippen LogP contribution in [0.5, 0.6) is 11.5 Å². The molecule has 0 saturated carbocycles. The molecule has 2 heterocycles. The van der Waals surface area contributed by atoms with Gasteiger partial charge in [0.1, 0.15) is 19.0 Å². The molecule has 0 spiro atoms. The number of Topliss-reactive ketones (excluding diaryl/α,β-unsaturated/α-hetero) is 1. The molecule has 0 unspecified atom stereocenters. The van der Waals surface area contributed by atoms with Crippen molar-refractivity contribution in [1.82, 2.24) is 10.6 Å². The Labute approximate surface area is 155 Å². The second kappa shape index (κ2) is 8.88. The van der Waals surface area contributed by atoms with Gasteiger partial charge in [-0.05, 0) is 30.3 Å². The second-order valence-corrected chi connectivity index (χ2v) is 5.91. The van der Waals surface area contributed by atoms with Gasteiger partial charge in [-0.25, -0.2) is 0 Å². The molecule has 1 aromatic heterocycles. The third-order valence-electron chi connectivity index (χ3n) is 3.93. The monoisotopic (exact) mass is 372 g/mol. The summed E-state index contributed by atoms with van der Waals surface area (Å²) in [6.45, 7) is 1.02. The van der Waals surface area contributed by atoms with Gasteiger partial charge in [0.25, 0.3) is 0 Å². The number of rotatable bonds is 8. The largest absolute Gasteiger partial charge is 0.486 e. The SMILES string of the molecule is O=C(CCC(=O)c1ccc2c(c1)OCCO2)NCC(=O)NCc1ccco1. The summed E-state index contributed by atoms with van der Waals surface area (Å²) in [7, 11) is 0. The van der Waals surface area contributed by atoms with Crippen LogP contribution >= 0.6 is 0 Å². The van der Waals surface area contributed by atoms with E-state index in [9.17, 15) is 14.4 Å². The van der Waals surface area contributed by atoms with Crippen molar-refractivity contribution >= 4 is 17.6 Å². The summed E-state index contributed by atoms with van der Waals surface area (Å²) in [5, 5.41) is 5.11. The number of carbonyl (C=O) groups is 3. The van der Waals surface area contributed by atoms with Crippen molar-refractivity contribution in [2.24, 2.45) is 0 Å². The van der Waals surface area contributed by atoms with E-state index in [1.165, 1.54) is 6.26 Å². The number of amides is 2. The topological polar surface area (TPSA) is 107 Å². The van der Waals surface area contributed by atoms with E-state index in [4.69, 9.17) is 13.9 Å². The molecule has 0 fully saturated rings. The molecule has 2 amide bonds. The van der Waals surface area contributed by atoms with Gasteiger partial charge >= 0.3 is 0 Å². The zero-order chi connectivity index (χ0) is 19.1. The van der Waals surface area contributed by atoms with Crippen LogP contribution in [0.15, 0.2) is 41.0 Å². The van der Waals surface area contributed by atoms with E-state index in [1.54, 1.807) is 30.3 Å². The van der Waals surface area contributed by atoms with E-state index in [0.29, 0.717) is 36.0 Å². The van der Waals surface area contributed by atoms with Crippen molar-refractivity contribution in [3.63, 3.8) is 0 Å². The minimum atomic E-state index is -0.367. The standard InChI is InChI=1S/C19H20N2O6/c22-15(13-3-5-16-17(10-13)27-9-8-26-16)4-6-18(23)21-12-19(24)20-11-14-2-1-7-25-14/h1-3,5,7,10H,4,6,8-9,11-12H2,(H,20,24)(H,21,23). The number of benzene rings is 1. The van der Waals surface area contributed by atoms with Gasteiger partial charge in [0.05, 0.1) is 19.4 Å². The third kappa shape index (κ3) is 5.34. The van der Waals surface area contributed by atoms with Crippen molar-refractivity contribution in [1.29, 1.82) is 0 Å². The Morgan fingerprint density at radius 1 is 0.926 bits per heavy atom. The van der Waals surface area contributed by atoms with Crippen molar-refractivity contribution in [2.75, 3.05) is 19.8 Å². The molecule has 142 valence electrons. The summed E-state index contributed by atoms with van der Waals surface area (Å²) in [5.74, 6) is 0.886. The Balaban J connectivity index is 1.38. The number of ketones is 1. The fourth-order valence-corrected chi connectivity index (χ4v) is 2.52. The maximum atomic E-state index is 12.2. The van der Waals surface area contributed by atoms with Crippen LogP contribution < -0.4 is 20.1 Å². The number of nitrogens with one attached hydrogen (secondary N) is 2. The molecule has 0 atom stereocenters. The van der Waals surface area contributed by atoms with Crippen LogP contribution in [0.25, 0.3) is 0 Å². The lowest BCUT2D eigenvalue weighted by molar-refractivity contribution is -0.126. The van der Waals surface area contributed by atoms with E-state index in [-0.39, 0.29) is 43.5 Å². The fourth-order valence-electron chi connectivity index (χ4n) is 2.52. The normalized spacial score (nSPS) is 12.3. The minimum Gasteiger partial charge on any atom is -0.486 e. The van der Waals surface area contributed by atoms with Gasteiger partial charge in [0.15, 0.2) is 17.3 Å². The number of ether oxygens (including phenoxy) is 2. The Morgan fingerprint density at radius 3 is 2.52 bits per heavy atom. The van der Waals surface area contributed by atoms with Crippen molar-refractivity contribution in [2.45, 2.75) is 19.4 Å². The minimum absolute atomic E-state index is 0.00125. The number of furan rings is 1. The van der Waals surface area contributed by atoms with Crippen LogP contribution in [0, 0.1) is 0 Å². The molecule has 8 heteroatoms. The van der Waals surface area contributed by atoms with E-state index in [0.717, 1.165) is 0 Å². The first-order valence-electron chi connectivity index (χ1n) is 8.60. The average molecular weight is 372 g/mol. The molecule has 0 saturated heterocycles. The molecule has 1 aliphatic rings. The Morgan fingerprint density at radius 2 is 1.74 bits per heavy atom. The van der Waals surface area contributed by atoms with Crippen LogP contribution in [-0.4, -0.2) is 37.4 Å². The molecule has 1 aromatic carbocycles. The van der Waals surface area contributed by atoms with E-state index >= 15 is 0 Å². The highest BCUT2D eigenvalue weighted by Gasteiger charge is 2.16. The predicted molar refractivity (Wildman–Crippen MR) is 94.6 cm³/mol. The van der Waals surface area contributed by atoms with Crippen molar-refractivity contribution in [3.05, 3.63) is 47.9 Å². The van der Waals surface area contributed by atoms with Crippen molar-refractivity contribution in [3.8, 4) is 11.5 Å². The first-order chi connectivity index (χ1) is 13.1. The van der Waals surface area contributed by atoms with Gasteiger partial charge in [-0.3, -0.25) is 14.4 Å². The van der Waals surface area contributed by atoms with Gasteiger partial charge in [0, 0.05) is 18.4 Å². The van der Waals surface area contributed by atoms with Gasteiger partial charge in [0.2, 0.25) is 11.8 Å². The third-order valence-corrected chi connectivity index (χ3v) is 3.93. The molecule has 27 heavy (non-hydrogen) atoms. The van der Waals surface area contributed by atoms with Gasteiger partial charge in [-0.2, -0.15) is 0 Å². The molecule has 0 bridgehead atoms. The second-order valence-electron chi connectivity index (χ2n) is 5.91. The van der Waals surface area contributed by atoms with Crippen LogP contribution in [-0.2, 0) is 16.1 Å². The summed E-state index contributed by atoms with van der Waals surface area (Å²) in [6, 6.07) is 8.42. The molecule has 8 nitrogen and oxygen atoms in total. The molecule has 0 aliphatic carbocycles. The summed E-state index contributed by atoms with van der Waals surface area (Å²) in [5.41, 5.74) is 0.461. The number of carbonyl (C=O) groups excluding carboxylic acids is 3. The highest BCUT2D eigenvalue weighted by Crippen LogP contribution is 2.31. The lowest BCUT2D eigenvalue weighted by Crippen LogP contribution is -2.36. The van der Waals surface area contributed by atoms with Crippen LogP contribution in [0.3, 0.4) is 0 Å². The maximum absolute atomic E-state index is 12.2. The summed E-state index contributed by atoms with van der Waals surface area (Å²) < 4.78 is 16.0. The smallest absolute Gasteiger partial charge is 0.239 e. The molecule has 2 N–H and O–H groups in total. The quantitative estimate of drug-likeness (QED) is 0.679. The van der Waals surface area contributed by atoms with Crippen LogP contribution in [0.2, 0.25) is 0 Å². The molecular weight excluding hydrogens is 352 g/mol. The first kappa shape index (κ1) is 18.5. The Hall–Kier alpha value is -3.29. The maximum Gasteiger partial charge on any atom is 0.239 e. The molecule has 2 aromatic rings. The van der Waals surface area contributed by atoms with Crippen LogP contribution in [0.4, 0.5) is 0 Å². The summed E-state index contributed by atoms with van der Waals surface area (Å²) >= 11 is 0. The Kier molecular flexibility index (Phi) is 6.09. The highest BCUT2D eigenvalue weighted by molar-refractivity contribution is 5.98. The fraction of sp³-hybridized carbons (Fsp3) is 0.316. The highest BCUT2D eigenvalue weighted by atomic mass is 16.6. The molecule has 3 rings (SSSR count). The first-order valence-corrected chi connectivity index (χ1v) is 8.60. The number of hydrogen-bond donors (Lipinski definition) is 2. The average Bonchev–Trinajstić information content (AvgIpc) is 3.22. The van der Waals surface area contributed by atoms with E-state index < -0.39 is 0 Å². The summed E-state index contributed by atoms with van der Waals surface area (Å²) in [6.07, 6.45) is 1.56. The number of hydrogen-bond acceptors (Lipinski definition) is 6. The van der Waals surface area contributed by atoms with Gasteiger partial charge in [-0.1, -0.05) is 0 Å². The molecule has 1 aliphatic heterocycles. The predicted octanol–water partition coefficient (Wildman–Crippen LogP) is 1.45. The Bertz CT molecular complexity index is 816. The van der Waals surface area contributed by atoms with Crippen molar-refractivity contribution < 1.29 is 28.3 Å². The van der Waals surface area contributed by atoms with Gasteiger partial charge < -0.3 is 24.5 Å². The van der Waals surface area contributed by atoms with Gasteiger partial charge in [-0.15, -0.1) is 0 Å². The van der Waals surface area contributed by atoms with Crippen LogP contribution in [0.1, 0.15) is 29.0 Å². The zero-order valence-electron chi connectivity index (χ0n) is 14.7. The number of fused-ring (bicyclic) bond motifs is 1. The molecule has 0 radical (unpaired) electrons. The zero-order valence-corrected chi connectivity index (χ0v) is 14.7. The lowest BCUT2D eigenvalue weighted by Gasteiger charge is -2.18. The van der Waals surface area contributed by atoms with E-state index in [1.807, 2.05) is 0 Å². The lowest BCUT2D eigenvalue weighted by atomic mass is 10.1.